The fourth-order valence-electron chi connectivity index (χ4n) is 3.59. The number of aromatic nitrogens is 3. The Morgan fingerprint density at radius 2 is 2.20 bits per heavy atom. The van der Waals surface area contributed by atoms with Crippen molar-refractivity contribution in [1.82, 2.24) is 19.7 Å². The van der Waals surface area contributed by atoms with E-state index in [-0.39, 0.29) is 11.9 Å². The number of likely N-dealkylation sites (tertiary alicyclic amines) is 1. The van der Waals surface area contributed by atoms with Crippen molar-refractivity contribution in [3.63, 3.8) is 0 Å². The second-order valence-electron chi connectivity index (χ2n) is 6.59. The molecule has 0 unspecified atom stereocenters. The van der Waals surface area contributed by atoms with Crippen molar-refractivity contribution in [3.05, 3.63) is 51.8 Å². The first kappa shape index (κ1) is 15.7. The van der Waals surface area contributed by atoms with Crippen LogP contribution in [-0.2, 0) is 7.05 Å². The lowest BCUT2D eigenvalue weighted by Gasteiger charge is -2.35. The van der Waals surface area contributed by atoms with E-state index in [0.29, 0.717) is 23.2 Å². The first-order valence-corrected chi connectivity index (χ1v) is 8.46. The highest BCUT2D eigenvalue weighted by Crippen LogP contribution is 2.32. The minimum Gasteiger partial charge on any atom is -0.408 e. The molecule has 2 aromatic heterocycles. The highest BCUT2D eigenvalue weighted by molar-refractivity contribution is 5.97. The number of fused-ring (bicyclic) bond motifs is 1. The van der Waals surface area contributed by atoms with Gasteiger partial charge in [0.2, 0.25) is 0 Å². The monoisotopic (exact) mass is 340 g/mol. The van der Waals surface area contributed by atoms with Gasteiger partial charge in [0.05, 0.1) is 23.4 Å². The molecular weight excluding hydrogens is 320 g/mol. The lowest BCUT2D eigenvalue weighted by molar-refractivity contribution is 0.0605. The molecule has 1 aliphatic rings. The van der Waals surface area contributed by atoms with E-state index in [1.807, 2.05) is 11.8 Å². The summed E-state index contributed by atoms with van der Waals surface area (Å²) >= 11 is 0. The van der Waals surface area contributed by atoms with E-state index >= 15 is 0 Å². The van der Waals surface area contributed by atoms with Crippen molar-refractivity contribution in [2.75, 3.05) is 6.54 Å². The normalized spacial score (nSPS) is 18.0. The average molecular weight is 340 g/mol. The summed E-state index contributed by atoms with van der Waals surface area (Å²) in [4.78, 5) is 26.7. The van der Waals surface area contributed by atoms with Gasteiger partial charge in [-0.1, -0.05) is 0 Å². The molecule has 1 saturated heterocycles. The number of oxazole rings is 1. The molecule has 4 rings (SSSR count). The molecule has 0 spiro atoms. The minimum absolute atomic E-state index is 0.00705. The molecule has 0 saturated carbocycles. The van der Waals surface area contributed by atoms with Crippen molar-refractivity contribution in [1.29, 1.82) is 0 Å². The van der Waals surface area contributed by atoms with Gasteiger partial charge in [0.1, 0.15) is 0 Å². The molecule has 1 N–H and O–H groups in total. The zero-order chi connectivity index (χ0) is 17.6. The van der Waals surface area contributed by atoms with E-state index in [4.69, 9.17) is 4.42 Å². The highest BCUT2D eigenvalue weighted by Gasteiger charge is 2.30. The Kier molecular flexibility index (Phi) is 3.71. The van der Waals surface area contributed by atoms with Crippen LogP contribution in [0, 0.1) is 6.92 Å². The number of carbonyl (C=O) groups excluding carboxylic acids is 1. The van der Waals surface area contributed by atoms with Gasteiger partial charge in [0, 0.05) is 19.2 Å². The number of H-pyrrole nitrogens is 1. The smallest absolute Gasteiger partial charge is 0.408 e. The maximum atomic E-state index is 13.2. The van der Waals surface area contributed by atoms with Crippen LogP contribution in [0.3, 0.4) is 0 Å². The van der Waals surface area contributed by atoms with Gasteiger partial charge in [0.25, 0.3) is 5.91 Å². The summed E-state index contributed by atoms with van der Waals surface area (Å²) in [5.74, 6) is -0.460. The van der Waals surface area contributed by atoms with Gasteiger partial charge >= 0.3 is 5.76 Å². The van der Waals surface area contributed by atoms with Gasteiger partial charge in [-0.2, -0.15) is 5.10 Å². The number of nitrogens with one attached hydrogen (secondary N) is 1. The third-order valence-electron chi connectivity index (χ3n) is 5.00. The Hall–Kier alpha value is -2.83. The summed E-state index contributed by atoms with van der Waals surface area (Å²) in [6.07, 6.45) is 4.78. The Balaban J connectivity index is 1.72. The largest absolute Gasteiger partial charge is 0.419 e. The van der Waals surface area contributed by atoms with Crippen molar-refractivity contribution in [2.45, 2.75) is 32.2 Å². The van der Waals surface area contributed by atoms with E-state index in [2.05, 4.69) is 10.2 Å². The number of aromatic amines is 1. The van der Waals surface area contributed by atoms with Crippen LogP contribution in [0.15, 0.2) is 33.6 Å². The summed E-state index contributed by atoms with van der Waals surface area (Å²) < 4.78 is 6.56. The second kappa shape index (κ2) is 5.91. The molecule has 1 aromatic carbocycles. The Bertz CT molecular complexity index is 997. The van der Waals surface area contributed by atoms with Crippen LogP contribution in [0.25, 0.3) is 11.1 Å². The lowest BCUT2D eigenvalue weighted by atomic mass is 9.96. The van der Waals surface area contributed by atoms with Crippen molar-refractivity contribution in [3.8, 4) is 0 Å². The summed E-state index contributed by atoms with van der Waals surface area (Å²) in [5, 5.41) is 7.15. The summed E-state index contributed by atoms with van der Waals surface area (Å²) in [6.45, 7) is 2.72. The maximum Gasteiger partial charge on any atom is 0.419 e. The number of aryl methyl sites for hydroxylation is 2. The third kappa shape index (κ3) is 2.56. The number of nitrogens with zero attached hydrogens (tertiary/aromatic N) is 3. The third-order valence-corrected chi connectivity index (χ3v) is 5.00. The Morgan fingerprint density at radius 1 is 1.36 bits per heavy atom. The van der Waals surface area contributed by atoms with Crippen LogP contribution in [0.1, 0.15) is 46.9 Å². The number of hydrogen-bond acceptors (Lipinski definition) is 4. The number of rotatable bonds is 2. The van der Waals surface area contributed by atoms with Gasteiger partial charge in [-0.05, 0) is 49.9 Å². The van der Waals surface area contributed by atoms with Gasteiger partial charge in [-0.15, -0.1) is 0 Å². The number of carbonyl (C=O) groups is 1. The van der Waals surface area contributed by atoms with Crippen LogP contribution in [0.2, 0.25) is 0 Å². The molecule has 7 nitrogen and oxygen atoms in total. The second-order valence-corrected chi connectivity index (χ2v) is 6.59. The highest BCUT2D eigenvalue weighted by atomic mass is 16.4. The molecule has 0 aliphatic carbocycles. The molecule has 3 aromatic rings. The van der Waals surface area contributed by atoms with Crippen LogP contribution in [0.5, 0.6) is 0 Å². The zero-order valence-corrected chi connectivity index (χ0v) is 14.3. The zero-order valence-electron chi connectivity index (χ0n) is 14.3. The topological polar surface area (TPSA) is 84.1 Å². The van der Waals surface area contributed by atoms with Crippen molar-refractivity contribution in [2.24, 2.45) is 7.05 Å². The SMILES string of the molecule is Cc1cn[nH]c1[C@@H]1CCCCN1C(=O)c1ccc2oc(=O)n(C)c2c1. The molecular formula is C18H20N4O3. The van der Waals surface area contributed by atoms with Crippen LogP contribution < -0.4 is 5.76 Å². The maximum absolute atomic E-state index is 13.2. The number of piperidine rings is 1. The fourth-order valence-corrected chi connectivity index (χ4v) is 3.59. The van der Waals surface area contributed by atoms with Gasteiger partial charge in [-0.25, -0.2) is 4.79 Å². The van der Waals surface area contributed by atoms with E-state index in [0.717, 1.165) is 30.5 Å². The van der Waals surface area contributed by atoms with Crippen LogP contribution in [0.4, 0.5) is 0 Å². The predicted molar refractivity (Wildman–Crippen MR) is 92.4 cm³/mol. The molecule has 130 valence electrons. The lowest BCUT2D eigenvalue weighted by Crippen LogP contribution is -2.39. The Labute approximate surface area is 144 Å². The molecule has 1 amide bonds. The molecule has 1 aliphatic heterocycles. The van der Waals surface area contributed by atoms with Gasteiger partial charge < -0.3 is 9.32 Å². The molecule has 1 atom stereocenters. The van der Waals surface area contributed by atoms with Gasteiger partial charge in [-0.3, -0.25) is 14.5 Å². The van der Waals surface area contributed by atoms with E-state index in [1.165, 1.54) is 4.57 Å². The molecule has 0 bridgehead atoms. The fraction of sp³-hybridized carbons (Fsp3) is 0.389. The molecule has 1 fully saturated rings. The first-order chi connectivity index (χ1) is 12.1. The molecule has 3 heterocycles. The van der Waals surface area contributed by atoms with Crippen LogP contribution >= 0.6 is 0 Å². The summed E-state index contributed by atoms with van der Waals surface area (Å²) in [6, 6.07) is 5.14. The quantitative estimate of drug-likeness (QED) is 0.777. The summed E-state index contributed by atoms with van der Waals surface area (Å²) in [5.41, 5.74) is 3.75. The predicted octanol–water partition coefficient (Wildman–Crippen LogP) is 2.53. The first-order valence-electron chi connectivity index (χ1n) is 8.46. The Morgan fingerprint density at radius 3 is 2.96 bits per heavy atom. The standard InChI is InChI=1S/C18H20N4O3/c1-11-10-19-20-16(11)13-5-3-4-8-22(13)17(23)12-6-7-15-14(9-12)21(2)18(24)25-15/h6-7,9-10,13H,3-5,8H2,1-2H3,(H,19,20)/t13-/m0/s1. The molecule has 25 heavy (non-hydrogen) atoms. The minimum atomic E-state index is -0.427. The van der Waals surface area contributed by atoms with E-state index < -0.39 is 5.76 Å². The van der Waals surface area contributed by atoms with Gasteiger partial charge in [0.15, 0.2) is 5.58 Å². The molecule has 0 radical (unpaired) electrons. The van der Waals surface area contributed by atoms with Crippen molar-refractivity contribution >= 4 is 17.0 Å². The molecule has 7 heteroatoms. The number of amides is 1. The van der Waals surface area contributed by atoms with E-state index in [9.17, 15) is 9.59 Å². The number of benzene rings is 1. The summed E-state index contributed by atoms with van der Waals surface area (Å²) in [7, 11) is 1.64. The van der Waals surface area contributed by atoms with Crippen molar-refractivity contribution < 1.29 is 9.21 Å². The van der Waals surface area contributed by atoms with Crippen LogP contribution in [-0.4, -0.2) is 32.1 Å². The number of hydrogen-bond donors (Lipinski definition) is 1. The van der Waals surface area contributed by atoms with E-state index in [1.54, 1.807) is 31.4 Å². The average Bonchev–Trinajstić information content (AvgIpc) is 3.17.